The van der Waals surface area contributed by atoms with Gasteiger partial charge in [0.2, 0.25) is 0 Å². The average molecular weight is 877 g/mol. The van der Waals surface area contributed by atoms with Gasteiger partial charge in [-0.25, -0.2) is 0 Å². The fraction of sp³-hybridized carbons (Fsp3) is 0.485. The van der Waals surface area contributed by atoms with Crippen LogP contribution in [0.5, 0.6) is 0 Å². The van der Waals surface area contributed by atoms with Crippen molar-refractivity contribution in [1.82, 2.24) is 0 Å². The van der Waals surface area contributed by atoms with Gasteiger partial charge in [0.25, 0.3) is 0 Å². The molecule has 348 valence electrons. The van der Waals surface area contributed by atoms with Crippen molar-refractivity contribution in [1.29, 1.82) is 0 Å². The summed E-state index contributed by atoms with van der Waals surface area (Å²) in [5.74, 6) is 0. The van der Waals surface area contributed by atoms with E-state index in [2.05, 4.69) is 285 Å². The lowest BCUT2D eigenvalue weighted by Crippen LogP contribution is -2.18. The lowest BCUT2D eigenvalue weighted by molar-refractivity contribution is 0.567. The molecule has 0 aliphatic rings. The molecule has 0 amide bonds. The Balaban J connectivity index is 2.23. The van der Waals surface area contributed by atoms with Gasteiger partial charge < -0.3 is 0 Å². The smallest absolute Gasteiger partial charge is 0.0400 e. The second-order valence-electron chi connectivity index (χ2n) is 26.9. The van der Waals surface area contributed by atoms with E-state index in [4.69, 9.17) is 0 Å². The Morgan fingerprint density at radius 3 is 0.485 bits per heavy atom. The van der Waals surface area contributed by atoms with Crippen molar-refractivity contribution in [2.24, 2.45) is 0 Å². The van der Waals surface area contributed by atoms with E-state index in [0.29, 0.717) is 0 Å². The van der Waals surface area contributed by atoms with Crippen LogP contribution in [0.25, 0.3) is 11.1 Å². The van der Waals surface area contributed by atoms with Gasteiger partial charge in [0.05, 0.1) is 0 Å². The Kier molecular flexibility index (Phi) is 15.3. The van der Waals surface area contributed by atoms with E-state index < -0.39 is 0 Å². The maximum atomic E-state index is 3.57. The highest BCUT2D eigenvalue weighted by molar-refractivity contribution is 5.82. The summed E-state index contributed by atoms with van der Waals surface area (Å²) in [5.41, 5.74) is 42.3. The van der Waals surface area contributed by atoms with E-state index in [0.717, 1.165) is 33.4 Å². The minimum Gasteiger partial charge on any atom is -0.0561 e. The van der Waals surface area contributed by atoms with Gasteiger partial charge in [-0.1, -0.05) is 202 Å². The van der Waals surface area contributed by atoms with Crippen LogP contribution < -0.4 is 0 Å². The lowest BCUT2D eigenvalue weighted by atomic mass is 9.76. The zero-order valence-corrected chi connectivity index (χ0v) is 45.9. The third kappa shape index (κ3) is 14.2. The van der Waals surface area contributed by atoms with Crippen LogP contribution in [-0.4, -0.2) is 0 Å². The Hall–Kier alpha value is -5.14. The Morgan fingerprint density at radius 1 is 0.212 bits per heavy atom. The predicted molar refractivity (Wildman–Crippen MR) is 288 cm³/mol. The third-order valence-corrected chi connectivity index (χ3v) is 12.5. The highest BCUT2D eigenvalue weighted by atomic mass is 14.3. The number of rotatable bonds is 4. The molecule has 0 aromatic heterocycles. The van der Waals surface area contributed by atoms with Crippen LogP contribution in [0.2, 0.25) is 0 Å². The maximum absolute atomic E-state index is 3.57. The first-order valence-corrected chi connectivity index (χ1v) is 24.2. The molecule has 0 bridgehead atoms. The van der Waals surface area contributed by atoms with Crippen molar-refractivity contribution >= 4 is 11.1 Å². The van der Waals surface area contributed by atoms with Crippen molar-refractivity contribution in [2.45, 2.75) is 209 Å². The fourth-order valence-electron chi connectivity index (χ4n) is 7.49. The normalized spacial score (nSPS) is 12.7. The van der Waals surface area contributed by atoms with Crippen LogP contribution in [0.1, 0.15) is 233 Å². The third-order valence-electron chi connectivity index (χ3n) is 12.5. The Morgan fingerprint density at radius 2 is 0.348 bits per heavy atom. The summed E-state index contributed by atoms with van der Waals surface area (Å²) < 4.78 is 0. The van der Waals surface area contributed by atoms with Crippen LogP contribution >= 0.6 is 0 Å². The summed E-state index contributed by atoms with van der Waals surface area (Å²) in [6.07, 6.45) is 0. The zero-order chi connectivity index (χ0) is 50.2. The molecule has 0 unspecified atom stereocenters. The van der Waals surface area contributed by atoms with Crippen LogP contribution in [0.3, 0.4) is 0 Å². The number of hydrogen-bond acceptors (Lipinski definition) is 0. The molecule has 0 saturated carbocycles. The van der Waals surface area contributed by atoms with Gasteiger partial charge in [-0.2, -0.15) is 0 Å². The second-order valence-corrected chi connectivity index (χ2v) is 26.9. The monoisotopic (exact) mass is 877 g/mol. The summed E-state index contributed by atoms with van der Waals surface area (Å²) in [6, 6.07) is 28.1. The molecule has 4 rings (SSSR count). The molecule has 0 spiro atoms. The molecule has 0 aliphatic heterocycles. The van der Waals surface area contributed by atoms with Gasteiger partial charge >= 0.3 is 0 Å². The molecular formula is C66H84. The van der Waals surface area contributed by atoms with Crippen molar-refractivity contribution in [3.63, 3.8) is 0 Å². The topological polar surface area (TPSA) is 0 Å². The van der Waals surface area contributed by atoms with E-state index in [1.807, 2.05) is 0 Å². The van der Waals surface area contributed by atoms with Crippen LogP contribution in [0.4, 0.5) is 0 Å². The largest absolute Gasteiger partial charge is 0.0561 e. The molecule has 66 heavy (non-hydrogen) atoms. The number of hydrogen-bond donors (Lipinski definition) is 0. The van der Waals surface area contributed by atoms with E-state index in [-0.39, 0.29) is 43.3 Å². The molecule has 4 aromatic carbocycles. The van der Waals surface area contributed by atoms with Crippen molar-refractivity contribution in [3.8, 4) is 0 Å². The van der Waals surface area contributed by atoms with Gasteiger partial charge in [-0.3, -0.25) is 0 Å². The standard InChI is InChI=1S/C66H84/c1-59(2,3)49-33-45(34-50(41-49)60(4,5)6)57(46-35-51(61(7,8)9)42-52(36-46)62(10,11)12)31-29-27-25-26-28-30-32-58(47-37-53(63(13,14)15)43-54(38-47)64(16,17)18)48-39-55(65(19,20)21)44-56(40-48)66(22,23)24/h33-44H,1-24H3. The summed E-state index contributed by atoms with van der Waals surface area (Å²) in [4.78, 5) is 0. The first-order chi connectivity index (χ1) is 29.8. The molecule has 0 radical (unpaired) electrons. The molecule has 0 N–H and O–H groups in total. The summed E-state index contributed by atoms with van der Waals surface area (Å²) in [7, 11) is 0. The van der Waals surface area contributed by atoms with Crippen molar-refractivity contribution in [3.05, 3.63) is 185 Å². The maximum Gasteiger partial charge on any atom is 0.0400 e. The lowest BCUT2D eigenvalue weighted by Gasteiger charge is -2.28. The minimum absolute atomic E-state index is 0.0410. The van der Waals surface area contributed by atoms with Gasteiger partial charge in [0.1, 0.15) is 0 Å². The average Bonchev–Trinajstić information content (AvgIpc) is 3.15. The molecule has 0 saturated heterocycles. The Bertz CT molecular complexity index is 2320. The quantitative estimate of drug-likeness (QED) is 0.179. The minimum atomic E-state index is -0.0410. The highest BCUT2D eigenvalue weighted by Gasteiger charge is 2.27. The molecule has 0 heterocycles. The molecule has 0 heteroatoms. The van der Waals surface area contributed by atoms with E-state index >= 15 is 0 Å². The van der Waals surface area contributed by atoms with Gasteiger partial charge in [0, 0.05) is 11.1 Å². The summed E-state index contributed by atoms with van der Waals surface area (Å²) >= 11 is 0. The van der Waals surface area contributed by atoms with E-state index in [9.17, 15) is 0 Å². The number of benzene rings is 4. The van der Waals surface area contributed by atoms with E-state index in [1.165, 1.54) is 44.5 Å². The van der Waals surface area contributed by atoms with E-state index in [1.54, 1.807) is 0 Å². The zero-order valence-electron chi connectivity index (χ0n) is 45.9. The Labute approximate surface area is 404 Å². The fourth-order valence-corrected chi connectivity index (χ4v) is 7.49. The second kappa shape index (κ2) is 18.9. The predicted octanol–water partition coefficient (Wildman–Crippen LogP) is 18.3. The molecular weight excluding hydrogens is 793 g/mol. The first-order valence-electron chi connectivity index (χ1n) is 24.2. The van der Waals surface area contributed by atoms with Crippen molar-refractivity contribution in [2.75, 3.05) is 0 Å². The molecule has 0 fully saturated rings. The first kappa shape index (κ1) is 53.5. The van der Waals surface area contributed by atoms with Gasteiger partial charge in [-0.15, -0.1) is 0 Å². The van der Waals surface area contributed by atoms with Crippen LogP contribution in [0.15, 0.2) is 119 Å². The SMILES string of the molecule is CC(C)(C)c1cc(C(=C=C=C=C=C=C=C=C=C(c2cc(C(C)(C)C)cc(C(C)(C)C)c2)c2cc(C(C)(C)C)cc(C(C)(C)C)c2)c2cc(C(C)(C)C)cc(C(C)(C)C)c2)cc(C(C)(C)C)c1. The van der Waals surface area contributed by atoms with Crippen LogP contribution in [0, 0.1) is 0 Å². The molecule has 0 aliphatic carbocycles. The molecule has 4 aromatic rings. The summed E-state index contributed by atoms with van der Waals surface area (Å²) in [5, 5.41) is 0. The van der Waals surface area contributed by atoms with Crippen molar-refractivity contribution < 1.29 is 0 Å². The molecule has 0 nitrogen and oxygen atoms in total. The van der Waals surface area contributed by atoms with Gasteiger partial charge in [-0.05, 0) is 193 Å². The summed E-state index contributed by atoms with van der Waals surface area (Å²) in [6.45, 7) is 54.9. The van der Waals surface area contributed by atoms with Gasteiger partial charge in [0.15, 0.2) is 0 Å². The van der Waals surface area contributed by atoms with Crippen LogP contribution in [-0.2, 0) is 43.3 Å². The molecule has 0 atom stereocenters. The highest BCUT2D eigenvalue weighted by Crippen LogP contribution is 2.40.